The molecule has 0 spiro atoms. The quantitative estimate of drug-likeness (QED) is 0.0494. The highest BCUT2D eigenvalue weighted by Gasteiger charge is 2.04. The van der Waals surface area contributed by atoms with E-state index in [4.69, 9.17) is 5.11 Å². The molecule has 0 aliphatic rings. The third kappa shape index (κ3) is 34.0. The van der Waals surface area contributed by atoms with Gasteiger partial charge in [-0.15, -0.1) is 0 Å². The lowest BCUT2D eigenvalue weighted by Gasteiger charge is -2.12. The third-order valence-corrected chi connectivity index (χ3v) is 8.30. The summed E-state index contributed by atoms with van der Waals surface area (Å²) in [6.45, 7) is 6.15. The van der Waals surface area contributed by atoms with E-state index in [0.717, 1.165) is 51.9 Å². The molecule has 5 N–H and O–H groups in total. The van der Waals surface area contributed by atoms with Crippen molar-refractivity contribution in [3.8, 4) is 0 Å². The van der Waals surface area contributed by atoms with Gasteiger partial charge in [0, 0.05) is 19.7 Å². The molecule has 2 unspecified atom stereocenters. The summed E-state index contributed by atoms with van der Waals surface area (Å²) in [6.07, 6.45) is 33.5. The summed E-state index contributed by atoms with van der Waals surface area (Å²) < 4.78 is 0. The van der Waals surface area contributed by atoms with Crippen molar-refractivity contribution >= 4 is 0 Å². The van der Waals surface area contributed by atoms with E-state index >= 15 is 0 Å². The lowest BCUT2D eigenvalue weighted by atomic mass is 10.0. The lowest BCUT2D eigenvalue weighted by molar-refractivity contribution is 0.157. The van der Waals surface area contributed by atoms with Crippen LogP contribution in [0, 0.1) is 0 Å². The Morgan fingerprint density at radius 1 is 0.400 bits per heavy atom. The van der Waals surface area contributed by atoms with Gasteiger partial charge in [0.25, 0.3) is 0 Å². The number of unbranched alkanes of at least 4 members (excludes halogenated alkanes) is 22. The van der Waals surface area contributed by atoms with Gasteiger partial charge in [-0.1, -0.05) is 148 Å². The molecule has 0 radical (unpaired) electrons. The van der Waals surface area contributed by atoms with Crippen molar-refractivity contribution in [2.24, 2.45) is 0 Å². The normalized spacial score (nSPS) is 13.2. The number of rotatable bonds is 35. The van der Waals surface area contributed by atoms with E-state index in [1.54, 1.807) is 0 Å². The van der Waals surface area contributed by atoms with E-state index in [1.165, 1.54) is 148 Å². The van der Waals surface area contributed by atoms with Crippen molar-refractivity contribution in [2.45, 2.75) is 192 Å². The average molecular weight is 571 g/mol. The molecule has 0 aromatic carbocycles. The topological polar surface area (TPSA) is 84.8 Å². The number of hydrogen-bond donors (Lipinski definition) is 5. The van der Waals surface area contributed by atoms with Crippen molar-refractivity contribution in [1.29, 1.82) is 0 Å². The fourth-order valence-electron chi connectivity index (χ4n) is 5.55. The van der Waals surface area contributed by atoms with Gasteiger partial charge < -0.3 is 26.0 Å². The van der Waals surface area contributed by atoms with Gasteiger partial charge in [0.1, 0.15) is 0 Å². The molecular formula is C35H74N2O3. The molecule has 5 nitrogen and oxygen atoms in total. The molecule has 0 aliphatic heterocycles. The average Bonchev–Trinajstić information content (AvgIpc) is 2.95. The fraction of sp³-hybridized carbons (Fsp3) is 1.00. The molecule has 0 aliphatic carbocycles. The standard InChI is InChI=1S/C35H74N2O3/c1-2-3-4-5-6-7-9-12-17-22-27-34(39)32-36-29-24-19-14-15-20-25-30-37-33-35(40)28-23-18-13-10-8-11-16-21-26-31-38/h34-40H,2-33H2,1H3. The Morgan fingerprint density at radius 3 is 1.05 bits per heavy atom. The number of aliphatic hydroxyl groups is 3. The second-order valence-corrected chi connectivity index (χ2v) is 12.5. The predicted molar refractivity (Wildman–Crippen MR) is 175 cm³/mol. The Bertz CT molecular complexity index is 412. The summed E-state index contributed by atoms with van der Waals surface area (Å²) >= 11 is 0. The van der Waals surface area contributed by atoms with Crippen molar-refractivity contribution in [3.63, 3.8) is 0 Å². The van der Waals surface area contributed by atoms with E-state index in [2.05, 4.69) is 17.6 Å². The highest BCUT2D eigenvalue weighted by molar-refractivity contribution is 4.62. The summed E-state index contributed by atoms with van der Waals surface area (Å²) in [5, 5.41) is 36.0. The summed E-state index contributed by atoms with van der Waals surface area (Å²) in [7, 11) is 0. The van der Waals surface area contributed by atoms with Crippen LogP contribution in [0.25, 0.3) is 0 Å². The van der Waals surface area contributed by atoms with E-state index in [1.807, 2.05) is 0 Å². The van der Waals surface area contributed by atoms with Crippen molar-refractivity contribution in [2.75, 3.05) is 32.8 Å². The zero-order chi connectivity index (χ0) is 29.2. The Morgan fingerprint density at radius 2 is 0.700 bits per heavy atom. The fourth-order valence-corrected chi connectivity index (χ4v) is 5.55. The number of nitrogens with one attached hydrogen (secondary N) is 2. The van der Waals surface area contributed by atoms with Crippen molar-refractivity contribution in [3.05, 3.63) is 0 Å². The van der Waals surface area contributed by atoms with E-state index in [-0.39, 0.29) is 12.2 Å². The van der Waals surface area contributed by atoms with Gasteiger partial charge in [-0.05, 0) is 45.2 Å². The molecule has 0 aromatic heterocycles. The van der Waals surface area contributed by atoms with Crippen LogP contribution < -0.4 is 10.6 Å². The number of hydrogen-bond acceptors (Lipinski definition) is 5. The first-order valence-electron chi connectivity index (χ1n) is 18.1. The van der Waals surface area contributed by atoms with Gasteiger partial charge >= 0.3 is 0 Å². The second-order valence-electron chi connectivity index (χ2n) is 12.5. The minimum atomic E-state index is -0.195. The lowest BCUT2D eigenvalue weighted by Crippen LogP contribution is -2.27. The second kappa shape index (κ2) is 35.0. The minimum absolute atomic E-state index is 0.177. The van der Waals surface area contributed by atoms with Gasteiger partial charge in [0.15, 0.2) is 0 Å². The first-order chi connectivity index (χ1) is 19.7. The molecule has 0 fully saturated rings. The van der Waals surface area contributed by atoms with Gasteiger partial charge in [0.2, 0.25) is 0 Å². The van der Waals surface area contributed by atoms with Crippen LogP contribution in [-0.2, 0) is 0 Å². The highest BCUT2D eigenvalue weighted by atomic mass is 16.3. The molecule has 0 amide bonds. The van der Waals surface area contributed by atoms with Crippen molar-refractivity contribution < 1.29 is 15.3 Å². The minimum Gasteiger partial charge on any atom is -0.396 e. The summed E-state index contributed by atoms with van der Waals surface area (Å²) in [6, 6.07) is 0. The van der Waals surface area contributed by atoms with E-state index < -0.39 is 0 Å². The monoisotopic (exact) mass is 571 g/mol. The Hall–Kier alpha value is -0.200. The maximum Gasteiger partial charge on any atom is 0.0664 e. The largest absolute Gasteiger partial charge is 0.396 e. The molecule has 2 atom stereocenters. The maximum atomic E-state index is 10.2. The van der Waals surface area contributed by atoms with Gasteiger partial charge in [-0.3, -0.25) is 0 Å². The van der Waals surface area contributed by atoms with Gasteiger partial charge in [0.05, 0.1) is 12.2 Å². The van der Waals surface area contributed by atoms with Crippen LogP contribution >= 0.6 is 0 Å². The molecule has 0 rings (SSSR count). The third-order valence-electron chi connectivity index (χ3n) is 8.30. The molecule has 0 bridgehead atoms. The number of aliphatic hydroxyl groups excluding tert-OH is 3. The van der Waals surface area contributed by atoms with Gasteiger partial charge in [-0.25, -0.2) is 0 Å². The van der Waals surface area contributed by atoms with E-state index in [9.17, 15) is 10.2 Å². The molecule has 0 saturated heterocycles. The van der Waals surface area contributed by atoms with Crippen LogP contribution in [0.2, 0.25) is 0 Å². The molecule has 242 valence electrons. The zero-order valence-electron chi connectivity index (χ0n) is 27.1. The summed E-state index contributed by atoms with van der Waals surface area (Å²) in [5.41, 5.74) is 0. The predicted octanol–water partition coefficient (Wildman–Crippen LogP) is 8.43. The molecule has 0 heterocycles. The SMILES string of the molecule is CCCCCCCCCCCCC(O)CNCCCCCCCCNCC(O)CCCCCCCCCCCO. The Balaban J connectivity index is 3.21. The first kappa shape index (κ1) is 39.8. The Labute approximate surface area is 251 Å². The summed E-state index contributed by atoms with van der Waals surface area (Å²) in [5.74, 6) is 0. The molecule has 0 aromatic rings. The van der Waals surface area contributed by atoms with Crippen LogP contribution in [0.1, 0.15) is 180 Å². The summed E-state index contributed by atoms with van der Waals surface area (Å²) in [4.78, 5) is 0. The van der Waals surface area contributed by atoms with Crippen molar-refractivity contribution in [1.82, 2.24) is 10.6 Å². The van der Waals surface area contributed by atoms with Crippen LogP contribution in [0.4, 0.5) is 0 Å². The maximum absolute atomic E-state index is 10.2. The van der Waals surface area contributed by atoms with Gasteiger partial charge in [-0.2, -0.15) is 0 Å². The van der Waals surface area contributed by atoms with Crippen LogP contribution in [0.15, 0.2) is 0 Å². The zero-order valence-corrected chi connectivity index (χ0v) is 27.1. The molecule has 40 heavy (non-hydrogen) atoms. The van der Waals surface area contributed by atoms with Crippen LogP contribution in [-0.4, -0.2) is 60.3 Å². The smallest absolute Gasteiger partial charge is 0.0664 e. The van der Waals surface area contributed by atoms with Crippen LogP contribution in [0.3, 0.4) is 0 Å². The first-order valence-corrected chi connectivity index (χ1v) is 18.1. The molecular weight excluding hydrogens is 496 g/mol. The molecule has 0 saturated carbocycles. The van der Waals surface area contributed by atoms with E-state index in [0.29, 0.717) is 6.61 Å². The molecule has 5 heteroatoms. The Kier molecular flexibility index (Phi) is 34.8. The van der Waals surface area contributed by atoms with Crippen LogP contribution in [0.5, 0.6) is 0 Å². The highest BCUT2D eigenvalue weighted by Crippen LogP contribution is 2.13.